The van der Waals surface area contributed by atoms with Crippen molar-refractivity contribution in [1.82, 2.24) is 19.2 Å². The second-order valence-corrected chi connectivity index (χ2v) is 8.75. The lowest BCUT2D eigenvalue weighted by Gasteiger charge is -2.35. The number of piperazine rings is 1. The first-order valence-electron chi connectivity index (χ1n) is 9.39. The number of benzene rings is 1. The summed E-state index contributed by atoms with van der Waals surface area (Å²) in [6, 6.07) is 9.04. The Balaban J connectivity index is 1.31. The molecule has 0 N–H and O–H groups in total. The van der Waals surface area contributed by atoms with Crippen LogP contribution in [0, 0.1) is 0 Å². The van der Waals surface area contributed by atoms with Gasteiger partial charge in [-0.2, -0.15) is 0 Å². The van der Waals surface area contributed by atoms with Crippen molar-refractivity contribution in [2.45, 2.75) is 19.6 Å². The molecule has 1 aliphatic rings. The smallest absolute Gasteiger partial charge is 0.263 e. The van der Waals surface area contributed by atoms with Crippen molar-refractivity contribution in [2.75, 3.05) is 26.2 Å². The maximum Gasteiger partial charge on any atom is 0.263 e. The maximum absolute atomic E-state index is 12.7. The van der Waals surface area contributed by atoms with E-state index in [9.17, 15) is 9.59 Å². The summed E-state index contributed by atoms with van der Waals surface area (Å²) in [5.41, 5.74) is 0.711. The summed E-state index contributed by atoms with van der Waals surface area (Å²) >= 11 is 4.84. The van der Waals surface area contributed by atoms with Crippen molar-refractivity contribution in [3.8, 4) is 5.75 Å². The topological polar surface area (TPSA) is 67.2 Å². The van der Waals surface area contributed by atoms with Gasteiger partial charge in [0, 0.05) is 54.8 Å². The number of nitrogens with zero attached hydrogens (tertiary/aromatic N) is 4. The lowest BCUT2D eigenvalue weighted by atomic mass is 10.2. The lowest BCUT2D eigenvalue weighted by Crippen LogP contribution is -2.51. The van der Waals surface area contributed by atoms with E-state index in [1.807, 2.05) is 34.5 Å². The molecule has 1 atom stereocenters. The van der Waals surface area contributed by atoms with Crippen molar-refractivity contribution in [3.63, 3.8) is 0 Å². The molecule has 29 heavy (non-hydrogen) atoms. The predicted molar refractivity (Wildman–Crippen MR) is 115 cm³/mol. The van der Waals surface area contributed by atoms with Crippen LogP contribution in [0.4, 0.5) is 0 Å². The molecule has 1 fully saturated rings. The van der Waals surface area contributed by atoms with Crippen molar-refractivity contribution < 1.29 is 9.53 Å². The molecule has 0 bridgehead atoms. The van der Waals surface area contributed by atoms with Gasteiger partial charge in [0.15, 0.2) is 11.1 Å². The Morgan fingerprint density at radius 3 is 2.69 bits per heavy atom. The van der Waals surface area contributed by atoms with Gasteiger partial charge in [0.25, 0.3) is 11.5 Å². The highest BCUT2D eigenvalue weighted by atomic mass is 79.9. The Morgan fingerprint density at radius 1 is 1.24 bits per heavy atom. The number of hydrogen-bond donors (Lipinski definition) is 0. The van der Waals surface area contributed by atoms with Crippen LogP contribution >= 0.6 is 27.3 Å². The first kappa shape index (κ1) is 20.1. The van der Waals surface area contributed by atoms with Gasteiger partial charge in [0.1, 0.15) is 5.75 Å². The number of carbonyl (C=O) groups excluding carboxylic acids is 1. The van der Waals surface area contributed by atoms with Crippen LogP contribution in [0.1, 0.15) is 12.6 Å². The van der Waals surface area contributed by atoms with E-state index < -0.39 is 6.10 Å². The van der Waals surface area contributed by atoms with Crippen LogP contribution in [-0.4, -0.2) is 57.4 Å². The molecule has 9 heteroatoms. The zero-order valence-electron chi connectivity index (χ0n) is 16.0. The van der Waals surface area contributed by atoms with Gasteiger partial charge in [0.05, 0.1) is 5.69 Å². The van der Waals surface area contributed by atoms with E-state index in [1.54, 1.807) is 23.6 Å². The molecule has 3 aromatic rings. The fourth-order valence-corrected chi connectivity index (χ4v) is 4.35. The number of rotatable bonds is 5. The normalized spacial score (nSPS) is 16.1. The summed E-state index contributed by atoms with van der Waals surface area (Å²) in [6.45, 7) is 5.13. The summed E-state index contributed by atoms with van der Waals surface area (Å²) in [7, 11) is 0. The fourth-order valence-electron chi connectivity index (χ4n) is 3.35. The zero-order valence-corrected chi connectivity index (χ0v) is 18.4. The zero-order chi connectivity index (χ0) is 20.4. The molecule has 7 nitrogen and oxygen atoms in total. The molecule has 1 amide bonds. The molecule has 1 aromatic carbocycles. The van der Waals surface area contributed by atoms with E-state index in [0.717, 1.165) is 23.3 Å². The number of halogens is 1. The van der Waals surface area contributed by atoms with Gasteiger partial charge in [-0.3, -0.25) is 18.9 Å². The highest BCUT2D eigenvalue weighted by Gasteiger charge is 2.26. The van der Waals surface area contributed by atoms with Gasteiger partial charge in [-0.1, -0.05) is 15.9 Å². The Morgan fingerprint density at radius 2 is 1.97 bits per heavy atom. The third-order valence-corrected chi connectivity index (χ3v) is 6.19. The number of carbonyl (C=O) groups is 1. The van der Waals surface area contributed by atoms with Gasteiger partial charge in [-0.05, 0) is 31.2 Å². The molecular weight excluding hydrogens is 456 g/mol. The van der Waals surface area contributed by atoms with Gasteiger partial charge >= 0.3 is 0 Å². The largest absolute Gasteiger partial charge is 0.481 e. The first-order valence-corrected chi connectivity index (χ1v) is 11.1. The minimum Gasteiger partial charge on any atom is -0.481 e. The third kappa shape index (κ3) is 4.68. The summed E-state index contributed by atoms with van der Waals surface area (Å²) in [5.74, 6) is 0.665. The standard InChI is InChI=1S/C20H21BrN4O3S/c1-14(28-17-4-2-15(21)3-5-17)19(27)24-8-6-23(7-9-24)13-16-12-18(26)25-10-11-29-20(25)22-16/h2-5,10-12,14H,6-9,13H2,1H3/t14-/m0/s1. The van der Waals surface area contributed by atoms with Crippen LogP contribution in [-0.2, 0) is 11.3 Å². The number of aromatic nitrogens is 2. The summed E-state index contributed by atoms with van der Waals surface area (Å²) in [4.78, 5) is 34.2. The molecule has 3 heterocycles. The second-order valence-electron chi connectivity index (χ2n) is 6.96. The monoisotopic (exact) mass is 476 g/mol. The van der Waals surface area contributed by atoms with E-state index >= 15 is 0 Å². The highest BCUT2D eigenvalue weighted by molar-refractivity contribution is 9.10. The molecule has 0 saturated carbocycles. The highest BCUT2D eigenvalue weighted by Crippen LogP contribution is 2.18. The third-order valence-electron chi connectivity index (χ3n) is 4.90. The molecule has 0 aliphatic carbocycles. The van der Waals surface area contributed by atoms with Crippen molar-refractivity contribution in [3.05, 3.63) is 62.4 Å². The van der Waals surface area contributed by atoms with Crippen LogP contribution in [0.5, 0.6) is 5.75 Å². The van der Waals surface area contributed by atoms with E-state index in [4.69, 9.17) is 4.74 Å². The Kier molecular flexibility index (Phi) is 5.98. The minimum atomic E-state index is -0.536. The summed E-state index contributed by atoms with van der Waals surface area (Å²) in [5, 5.41) is 1.86. The van der Waals surface area contributed by atoms with Crippen LogP contribution in [0.2, 0.25) is 0 Å². The number of thiazole rings is 1. The van der Waals surface area contributed by atoms with E-state index in [1.165, 1.54) is 11.3 Å². The van der Waals surface area contributed by atoms with Crippen LogP contribution in [0.3, 0.4) is 0 Å². The van der Waals surface area contributed by atoms with Gasteiger partial charge in [-0.25, -0.2) is 4.98 Å². The Labute approximate surface area is 180 Å². The van der Waals surface area contributed by atoms with Gasteiger partial charge in [0.2, 0.25) is 0 Å². The minimum absolute atomic E-state index is 0.0102. The molecule has 0 spiro atoms. The number of ether oxygens (including phenoxy) is 1. The number of fused-ring (bicyclic) bond motifs is 1. The average molecular weight is 477 g/mol. The summed E-state index contributed by atoms with van der Waals surface area (Å²) in [6.07, 6.45) is 1.20. The average Bonchev–Trinajstić information content (AvgIpc) is 3.19. The SMILES string of the molecule is C[C@H](Oc1ccc(Br)cc1)C(=O)N1CCN(Cc2cc(=O)n3ccsc3n2)CC1. The maximum atomic E-state index is 12.7. The van der Waals surface area contributed by atoms with E-state index in [0.29, 0.717) is 30.3 Å². The lowest BCUT2D eigenvalue weighted by molar-refractivity contribution is -0.139. The molecule has 0 radical (unpaired) electrons. The van der Waals surface area contributed by atoms with Crippen molar-refractivity contribution >= 4 is 38.1 Å². The van der Waals surface area contributed by atoms with Gasteiger partial charge < -0.3 is 9.64 Å². The molecule has 152 valence electrons. The van der Waals surface area contributed by atoms with E-state index in [-0.39, 0.29) is 11.5 Å². The van der Waals surface area contributed by atoms with Crippen molar-refractivity contribution in [2.24, 2.45) is 0 Å². The molecule has 0 unspecified atom stereocenters. The van der Waals surface area contributed by atoms with E-state index in [2.05, 4.69) is 25.8 Å². The van der Waals surface area contributed by atoms with Crippen molar-refractivity contribution in [1.29, 1.82) is 0 Å². The fraction of sp³-hybridized carbons (Fsp3) is 0.350. The molecule has 1 aliphatic heterocycles. The van der Waals surface area contributed by atoms with Crippen LogP contribution in [0.25, 0.3) is 4.96 Å². The van der Waals surface area contributed by atoms with Gasteiger partial charge in [-0.15, -0.1) is 11.3 Å². The predicted octanol–water partition coefficient (Wildman–Crippen LogP) is 2.63. The first-order chi connectivity index (χ1) is 14.0. The quantitative estimate of drug-likeness (QED) is 0.566. The van der Waals surface area contributed by atoms with Crippen LogP contribution < -0.4 is 10.3 Å². The Hall–Kier alpha value is -2.23. The number of amides is 1. The van der Waals surface area contributed by atoms with Crippen LogP contribution in [0.15, 0.2) is 51.2 Å². The Bertz CT molecular complexity index is 1060. The second kappa shape index (κ2) is 8.64. The molecule has 1 saturated heterocycles. The molecule has 4 rings (SSSR count). The number of hydrogen-bond acceptors (Lipinski definition) is 6. The molecular formula is C20H21BrN4O3S. The molecule has 2 aromatic heterocycles. The summed E-state index contributed by atoms with van der Waals surface area (Å²) < 4.78 is 8.30.